The van der Waals surface area contributed by atoms with Crippen LogP contribution < -0.4 is 9.64 Å². The van der Waals surface area contributed by atoms with Crippen LogP contribution in [0.3, 0.4) is 0 Å². The summed E-state index contributed by atoms with van der Waals surface area (Å²) >= 11 is 6.13. The first-order valence-corrected chi connectivity index (χ1v) is 9.35. The molecule has 144 valence electrons. The summed E-state index contributed by atoms with van der Waals surface area (Å²) < 4.78 is 10.3. The smallest absolute Gasteiger partial charge is 0.306 e. The number of hydrogen-bond acceptors (Lipinski definition) is 6. The lowest BCUT2D eigenvalue weighted by Crippen LogP contribution is -2.29. The highest BCUT2D eigenvalue weighted by Gasteiger charge is 2.39. The molecule has 2 atom stereocenters. The van der Waals surface area contributed by atoms with Crippen molar-refractivity contribution in [2.24, 2.45) is 0 Å². The summed E-state index contributed by atoms with van der Waals surface area (Å²) in [6.07, 6.45) is 1.82. The number of nitrogens with zero attached hydrogens (tertiary/aromatic N) is 3. The molecular weight excluding hydrogens is 378 g/mol. The molecule has 1 aliphatic rings. The number of methoxy groups -OCH3 is 2. The van der Waals surface area contributed by atoms with E-state index in [1.807, 2.05) is 36.4 Å². The standard InChI is InChI=1S/C21H20ClN3O3/c1-12-16(10-20(26)28-3)17-9-14(27-2)5-7-19(17)25(12)21-15-6-4-13(22)8-18(15)23-11-24-21/h4-9,11-12,16H,10H2,1-3H3. The summed E-state index contributed by atoms with van der Waals surface area (Å²) in [6, 6.07) is 11.5. The summed E-state index contributed by atoms with van der Waals surface area (Å²) in [5.41, 5.74) is 2.81. The predicted molar refractivity (Wildman–Crippen MR) is 109 cm³/mol. The number of carbonyl (C=O) groups is 1. The summed E-state index contributed by atoms with van der Waals surface area (Å²) in [4.78, 5) is 23.1. The van der Waals surface area contributed by atoms with Crippen LogP contribution in [0.4, 0.5) is 11.5 Å². The van der Waals surface area contributed by atoms with Gasteiger partial charge in [-0.2, -0.15) is 0 Å². The van der Waals surface area contributed by atoms with Gasteiger partial charge < -0.3 is 14.4 Å². The molecule has 0 amide bonds. The zero-order chi connectivity index (χ0) is 19.8. The number of ether oxygens (including phenoxy) is 2. The van der Waals surface area contributed by atoms with Crippen molar-refractivity contribution in [3.63, 3.8) is 0 Å². The van der Waals surface area contributed by atoms with Gasteiger partial charge in [-0.1, -0.05) is 11.6 Å². The van der Waals surface area contributed by atoms with Gasteiger partial charge in [0.1, 0.15) is 17.9 Å². The van der Waals surface area contributed by atoms with Gasteiger partial charge in [0.25, 0.3) is 0 Å². The zero-order valence-corrected chi connectivity index (χ0v) is 16.6. The molecule has 1 aromatic heterocycles. The molecule has 2 unspecified atom stereocenters. The van der Waals surface area contributed by atoms with Crippen LogP contribution in [0.1, 0.15) is 24.8 Å². The third kappa shape index (κ3) is 3.03. The third-order valence-corrected chi connectivity index (χ3v) is 5.54. The average molecular weight is 398 g/mol. The van der Waals surface area contributed by atoms with E-state index in [4.69, 9.17) is 21.1 Å². The minimum Gasteiger partial charge on any atom is -0.497 e. The molecule has 1 aliphatic heterocycles. The maximum absolute atomic E-state index is 12.1. The van der Waals surface area contributed by atoms with E-state index in [1.54, 1.807) is 7.11 Å². The Morgan fingerprint density at radius 1 is 1.18 bits per heavy atom. The number of fused-ring (bicyclic) bond motifs is 2. The van der Waals surface area contributed by atoms with Gasteiger partial charge in [0.15, 0.2) is 0 Å². The molecule has 4 rings (SSSR count). The largest absolute Gasteiger partial charge is 0.497 e. The van der Waals surface area contributed by atoms with Crippen molar-refractivity contribution in [3.05, 3.63) is 53.3 Å². The van der Waals surface area contributed by atoms with E-state index in [2.05, 4.69) is 21.8 Å². The number of carbonyl (C=O) groups excluding carboxylic acids is 1. The van der Waals surface area contributed by atoms with Gasteiger partial charge in [-0.05, 0) is 48.9 Å². The van der Waals surface area contributed by atoms with Crippen LogP contribution >= 0.6 is 11.6 Å². The summed E-state index contributed by atoms with van der Waals surface area (Å²) in [5.74, 6) is 1.25. The van der Waals surface area contributed by atoms with Crippen molar-refractivity contribution >= 4 is 40.0 Å². The normalized spacial score (nSPS) is 18.2. The van der Waals surface area contributed by atoms with Gasteiger partial charge >= 0.3 is 5.97 Å². The second kappa shape index (κ2) is 7.28. The number of halogens is 1. The Labute approximate surface area is 168 Å². The second-order valence-electron chi connectivity index (χ2n) is 6.78. The minimum atomic E-state index is -0.244. The number of anilines is 2. The van der Waals surface area contributed by atoms with E-state index < -0.39 is 0 Å². The fourth-order valence-electron chi connectivity index (χ4n) is 3.89. The Hall–Kier alpha value is -2.86. The molecule has 0 saturated heterocycles. The van der Waals surface area contributed by atoms with Crippen LogP contribution in [-0.2, 0) is 9.53 Å². The fraction of sp³-hybridized carbons (Fsp3) is 0.286. The van der Waals surface area contributed by atoms with Gasteiger partial charge in [0.2, 0.25) is 0 Å². The van der Waals surface area contributed by atoms with Gasteiger partial charge in [-0.25, -0.2) is 9.97 Å². The molecule has 0 N–H and O–H groups in total. The Balaban J connectivity index is 1.88. The highest BCUT2D eigenvalue weighted by atomic mass is 35.5. The molecule has 7 heteroatoms. The molecule has 2 aromatic carbocycles. The maximum atomic E-state index is 12.1. The fourth-order valence-corrected chi connectivity index (χ4v) is 4.06. The van der Waals surface area contributed by atoms with Crippen molar-refractivity contribution in [1.29, 1.82) is 0 Å². The topological polar surface area (TPSA) is 64.6 Å². The quantitative estimate of drug-likeness (QED) is 0.605. The molecule has 0 saturated carbocycles. The van der Waals surface area contributed by atoms with E-state index >= 15 is 0 Å². The van der Waals surface area contributed by atoms with Gasteiger partial charge in [0.05, 0.1) is 26.2 Å². The monoisotopic (exact) mass is 397 g/mol. The van der Waals surface area contributed by atoms with Crippen molar-refractivity contribution < 1.29 is 14.3 Å². The molecule has 2 heterocycles. The van der Waals surface area contributed by atoms with E-state index in [1.165, 1.54) is 13.4 Å². The molecule has 0 fully saturated rings. The maximum Gasteiger partial charge on any atom is 0.306 e. The number of esters is 1. The molecule has 0 aliphatic carbocycles. The lowest BCUT2D eigenvalue weighted by atomic mass is 9.92. The first-order chi connectivity index (χ1) is 13.5. The molecule has 6 nitrogen and oxygen atoms in total. The zero-order valence-electron chi connectivity index (χ0n) is 15.8. The van der Waals surface area contributed by atoms with Crippen LogP contribution in [0.5, 0.6) is 5.75 Å². The van der Waals surface area contributed by atoms with Gasteiger partial charge in [-0.15, -0.1) is 0 Å². The Morgan fingerprint density at radius 3 is 2.75 bits per heavy atom. The van der Waals surface area contributed by atoms with Gasteiger partial charge in [-0.3, -0.25) is 4.79 Å². The Bertz CT molecular complexity index is 1060. The summed E-state index contributed by atoms with van der Waals surface area (Å²) in [7, 11) is 3.04. The highest BCUT2D eigenvalue weighted by Crippen LogP contribution is 2.48. The summed E-state index contributed by atoms with van der Waals surface area (Å²) in [5, 5.41) is 1.53. The molecule has 0 radical (unpaired) electrons. The van der Waals surface area contributed by atoms with E-state index in [0.29, 0.717) is 5.02 Å². The number of benzene rings is 2. The number of aromatic nitrogens is 2. The van der Waals surface area contributed by atoms with Crippen LogP contribution in [0.25, 0.3) is 10.9 Å². The Morgan fingerprint density at radius 2 is 2.00 bits per heavy atom. The van der Waals surface area contributed by atoms with Crippen molar-refractivity contribution in [3.8, 4) is 5.75 Å². The number of rotatable bonds is 4. The van der Waals surface area contributed by atoms with E-state index in [-0.39, 0.29) is 24.3 Å². The van der Waals surface area contributed by atoms with Crippen molar-refractivity contribution in [2.75, 3.05) is 19.1 Å². The minimum absolute atomic E-state index is 0.00464. The Kier molecular flexibility index (Phi) is 4.81. The van der Waals surface area contributed by atoms with Crippen molar-refractivity contribution in [2.45, 2.75) is 25.3 Å². The van der Waals surface area contributed by atoms with E-state index in [0.717, 1.165) is 33.7 Å². The molecule has 3 aromatic rings. The van der Waals surface area contributed by atoms with Crippen LogP contribution in [0.2, 0.25) is 5.02 Å². The molecule has 28 heavy (non-hydrogen) atoms. The van der Waals surface area contributed by atoms with Crippen LogP contribution in [0.15, 0.2) is 42.7 Å². The molecular formula is C21H20ClN3O3. The van der Waals surface area contributed by atoms with Gasteiger partial charge in [0, 0.05) is 28.1 Å². The summed E-state index contributed by atoms with van der Waals surface area (Å²) in [6.45, 7) is 2.09. The van der Waals surface area contributed by atoms with Crippen molar-refractivity contribution in [1.82, 2.24) is 9.97 Å². The average Bonchev–Trinajstić information content (AvgIpc) is 2.97. The molecule has 0 bridgehead atoms. The highest BCUT2D eigenvalue weighted by molar-refractivity contribution is 6.31. The molecule has 0 spiro atoms. The SMILES string of the molecule is COC(=O)CC1c2cc(OC)ccc2N(c2ncnc3cc(Cl)ccc23)C1C. The lowest BCUT2D eigenvalue weighted by Gasteiger charge is -2.27. The third-order valence-electron chi connectivity index (χ3n) is 5.30. The first-order valence-electron chi connectivity index (χ1n) is 8.97. The number of hydrogen-bond donors (Lipinski definition) is 0. The lowest BCUT2D eigenvalue weighted by molar-refractivity contribution is -0.141. The van der Waals surface area contributed by atoms with Crippen LogP contribution in [-0.4, -0.2) is 36.2 Å². The van der Waals surface area contributed by atoms with E-state index in [9.17, 15) is 4.79 Å². The second-order valence-corrected chi connectivity index (χ2v) is 7.22. The van der Waals surface area contributed by atoms with Crippen LogP contribution in [0, 0.1) is 0 Å². The first kappa shape index (κ1) is 18.5. The predicted octanol–water partition coefficient (Wildman–Crippen LogP) is 4.48.